The van der Waals surface area contributed by atoms with Crippen LogP contribution >= 0.6 is 0 Å². The van der Waals surface area contributed by atoms with E-state index in [0.717, 1.165) is 0 Å². The van der Waals surface area contributed by atoms with Crippen molar-refractivity contribution in [2.45, 2.75) is 13.0 Å². The topological polar surface area (TPSA) is 99.7 Å². The van der Waals surface area contributed by atoms with Gasteiger partial charge in [-0.25, -0.2) is 9.78 Å². The van der Waals surface area contributed by atoms with Crippen LogP contribution in [0.2, 0.25) is 0 Å². The molecule has 0 spiro atoms. The number of aliphatic hydroxyl groups excluding tert-OH is 1. The van der Waals surface area contributed by atoms with Gasteiger partial charge in [0, 0.05) is 7.05 Å². The Kier molecular flexibility index (Phi) is 3.68. The number of rotatable bonds is 4. The van der Waals surface area contributed by atoms with E-state index in [9.17, 15) is 4.79 Å². The van der Waals surface area contributed by atoms with Crippen LogP contribution < -0.4 is 10.6 Å². The van der Waals surface area contributed by atoms with Gasteiger partial charge in [0.1, 0.15) is 11.4 Å². The molecule has 1 unspecified atom stereocenters. The van der Waals surface area contributed by atoms with Gasteiger partial charge >= 0.3 is 5.97 Å². The van der Waals surface area contributed by atoms with E-state index in [0.29, 0.717) is 11.5 Å². The number of nitrogen functional groups attached to an aromatic ring is 1. The van der Waals surface area contributed by atoms with Crippen LogP contribution in [0.15, 0.2) is 12.3 Å². The number of carbonyl (C=O) groups is 1. The number of carboxylic acid groups (broad SMARTS) is 1. The van der Waals surface area contributed by atoms with E-state index in [-0.39, 0.29) is 18.2 Å². The average molecular weight is 225 g/mol. The fraction of sp³-hybridized carbons (Fsp3) is 0.400. The summed E-state index contributed by atoms with van der Waals surface area (Å²) in [7, 11) is 1.67. The van der Waals surface area contributed by atoms with E-state index in [1.807, 2.05) is 0 Å². The minimum absolute atomic E-state index is 0.0304. The van der Waals surface area contributed by atoms with Crippen molar-refractivity contribution < 1.29 is 15.0 Å². The highest BCUT2D eigenvalue weighted by molar-refractivity contribution is 5.94. The fourth-order valence-corrected chi connectivity index (χ4v) is 1.24. The molecular formula is C10H15N3O3. The second-order valence-corrected chi connectivity index (χ2v) is 3.59. The Bertz CT molecular complexity index is 395. The molecular weight excluding hydrogens is 210 g/mol. The van der Waals surface area contributed by atoms with E-state index in [1.165, 1.54) is 12.3 Å². The summed E-state index contributed by atoms with van der Waals surface area (Å²) in [6, 6.07) is 1.14. The van der Waals surface area contributed by atoms with E-state index in [1.54, 1.807) is 18.9 Å². The van der Waals surface area contributed by atoms with Crippen LogP contribution in [0, 0.1) is 0 Å². The summed E-state index contributed by atoms with van der Waals surface area (Å²) in [4.78, 5) is 16.6. The molecule has 0 bridgehead atoms. The van der Waals surface area contributed by atoms with Gasteiger partial charge in [-0.05, 0) is 13.0 Å². The second kappa shape index (κ2) is 4.80. The van der Waals surface area contributed by atoms with Crippen molar-refractivity contribution in [3.63, 3.8) is 0 Å². The molecule has 0 aromatic carbocycles. The first kappa shape index (κ1) is 12.3. The number of hydrogen-bond acceptors (Lipinski definition) is 5. The first-order chi connectivity index (χ1) is 7.47. The molecule has 4 N–H and O–H groups in total. The van der Waals surface area contributed by atoms with Crippen LogP contribution in [0.5, 0.6) is 0 Å². The average Bonchev–Trinajstić information content (AvgIpc) is 2.26. The Morgan fingerprint density at radius 2 is 2.31 bits per heavy atom. The van der Waals surface area contributed by atoms with Gasteiger partial charge in [0.15, 0.2) is 0 Å². The number of carboxylic acids is 1. The SMILES string of the molecule is CC(CO)N(C)c1ncc(N)cc1C(=O)O. The molecule has 1 heterocycles. The zero-order chi connectivity index (χ0) is 12.3. The number of aliphatic hydroxyl groups is 1. The smallest absolute Gasteiger partial charge is 0.339 e. The number of nitrogens with two attached hydrogens (primary N) is 1. The minimum Gasteiger partial charge on any atom is -0.478 e. The second-order valence-electron chi connectivity index (χ2n) is 3.59. The molecule has 0 aliphatic rings. The summed E-state index contributed by atoms with van der Waals surface area (Å²) < 4.78 is 0. The number of hydrogen-bond donors (Lipinski definition) is 3. The number of pyridine rings is 1. The number of likely N-dealkylation sites (N-methyl/N-ethyl adjacent to an activating group) is 1. The lowest BCUT2D eigenvalue weighted by Crippen LogP contribution is -2.33. The molecule has 88 valence electrons. The normalized spacial score (nSPS) is 12.2. The summed E-state index contributed by atoms with van der Waals surface area (Å²) in [5.74, 6) is -0.796. The molecule has 6 nitrogen and oxygen atoms in total. The maximum absolute atomic E-state index is 11.0. The molecule has 0 fully saturated rings. The molecule has 16 heavy (non-hydrogen) atoms. The van der Waals surface area contributed by atoms with Crippen molar-refractivity contribution >= 4 is 17.5 Å². The molecule has 1 aromatic heterocycles. The molecule has 0 amide bonds. The van der Waals surface area contributed by atoms with Gasteiger partial charge in [0.25, 0.3) is 0 Å². The molecule has 6 heteroatoms. The number of anilines is 2. The molecule has 1 atom stereocenters. The predicted molar refractivity (Wildman–Crippen MR) is 60.6 cm³/mol. The predicted octanol–water partition coefficient (Wildman–Crippen LogP) is 0.179. The molecule has 0 radical (unpaired) electrons. The van der Waals surface area contributed by atoms with Crippen LogP contribution in [0.1, 0.15) is 17.3 Å². The lowest BCUT2D eigenvalue weighted by Gasteiger charge is -2.25. The maximum atomic E-state index is 11.0. The highest BCUT2D eigenvalue weighted by Gasteiger charge is 2.18. The third kappa shape index (κ3) is 2.40. The fourth-order valence-electron chi connectivity index (χ4n) is 1.24. The summed E-state index contributed by atoms with van der Waals surface area (Å²) in [6.07, 6.45) is 1.39. The first-order valence-corrected chi connectivity index (χ1v) is 4.80. The van der Waals surface area contributed by atoms with Crippen molar-refractivity contribution in [2.75, 3.05) is 24.3 Å². The van der Waals surface area contributed by atoms with E-state index >= 15 is 0 Å². The third-order valence-electron chi connectivity index (χ3n) is 2.38. The zero-order valence-corrected chi connectivity index (χ0v) is 9.21. The summed E-state index contributed by atoms with van der Waals surface area (Å²) in [6.45, 7) is 1.69. The van der Waals surface area contributed by atoms with Crippen LogP contribution in [0.3, 0.4) is 0 Å². The lowest BCUT2D eigenvalue weighted by molar-refractivity contribution is 0.0697. The van der Waals surface area contributed by atoms with Gasteiger partial charge in [-0.3, -0.25) is 0 Å². The van der Waals surface area contributed by atoms with Crippen molar-refractivity contribution in [1.29, 1.82) is 0 Å². The Labute approximate surface area is 93.3 Å². The van der Waals surface area contributed by atoms with Crippen LogP contribution in [0.25, 0.3) is 0 Å². The molecule has 1 rings (SSSR count). The molecule has 0 saturated carbocycles. The maximum Gasteiger partial charge on any atom is 0.339 e. The van der Waals surface area contributed by atoms with E-state index in [4.69, 9.17) is 15.9 Å². The number of aromatic carboxylic acids is 1. The highest BCUT2D eigenvalue weighted by atomic mass is 16.4. The van der Waals surface area contributed by atoms with Gasteiger partial charge in [0.05, 0.1) is 24.5 Å². The summed E-state index contributed by atoms with van der Waals surface area (Å²) in [5.41, 5.74) is 5.81. The Balaban J connectivity index is 3.17. The molecule has 0 saturated heterocycles. The van der Waals surface area contributed by atoms with Gasteiger partial charge in [-0.2, -0.15) is 0 Å². The van der Waals surface area contributed by atoms with Gasteiger partial charge in [0.2, 0.25) is 0 Å². The summed E-state index contributed by atoms with van der Waals surface area (Å²) >= 11 is 0. The Hall–Kier alpha value is -1.82. The standard InChI is InChI=1S/C10H15N3O3/c1-6(5-14)13(2)9-8(10(15)16)3-7(11)4-12-9/h3-4,6,14H,5,11H2,1-2H3,(H,15,16). The van der Waals surface area contributed by atoms with Crippen molar-refractivity contribution in [2.24, 2.45) is 0 Å². The minimum atomic E-state index is -1.09. The third-order valence-corrected chi connectivity index (χ3v) is 2.38. The molecule has 1 aromatic rings. The van der Waals surface area contributed by atoms with Crippen molar-refractivity contribution in [3.05, 3.63) is 17.8 Å². The van der Waals surface area contributed by atoms with Crippen LogP contribution in [0.4, 0.5) is 11.5 Å². The zero-order valence-electron chi connectivity index (χ0n) is 9.21. The van der Waals surface area contributed by atoms with E-state index < -0.39 is 5.97 Å². The van der Waals surface area contributed by atoms with Crippen molar-refractivity contribution in [3.8, 4) is 0 Å². The monoisotopic (exact) mass is 225 g/mol. The van der Waals surface area contributed by atoms with Gasteiger partial charge in [-0.15, -0.1) is 0 Å². The van der Waals surface area contributed by atoms with Gasteiger partial charge in [-0.1, -0.05) is 0 Å². The Morgan fingerprint density at radius 1 is 1.69 bits per heavy atom. The summed E-state index contributed by atoms with van der Waals surface area (Å²) in [5, 5.41) is 18.0. The Morgan fingerprint density at radius 3 is 2.81 bits per heavy atom. The van der Waals surface area contributed by atoms with Crippen LogP contribution in [-0.4, -0.2) is 40.9 Å². The molecule has 0 aliphatic heterocycles. The number of aromatic nitrogens is 1. The molecule has 0 aliphatic carbocycles. The lowest BCUT2D eigenvalue weighted by atomic mass is 10.2. The quantitative estimate of drug-likeness (QED) is 0.676. The van der Waals surface area contributed by atoms with E-state index in [2.05, 4.69) is 4.98 Å². The largest absolute Gasteiger partial charge is 0.478 e. The highest BCUT2D eigenvalue weighted by Crippen LogP contribution is 2.20. The van der Waals surface area contributed by atoms with Crippen LogP contribution in [-0.2, 0) is 0 Å². The number of nitrogens with zero attached hydrogens (tertiary/aromatic N) is 2. The first-order valence-electron chi connectivity index (χ1n) is 4.80. The van der Waals surface area contributed by atoms with Gasteiger partial charge < -0.3 is 20.8 Å². The van der Waals surface area contributed by atoms with Crippen molar-refractivity contribution in [1.82, 2.24) is 4.98 Å².